The van der Waals surface area contributed by atoms with Crippen molar-refractivity contribution in [2.45, 2.75) is 47.1 Å². The third-order valence-electron chi connectivity index (χ3n) is 3.70. The Bertz CT molecular complexity index is 162. The van der Waals surface area contributed by atoms with Gasteiger partial charge >= 0.3 is 0 Å². The summed E-state index contributed by atoms with van der Waals surface area (Å²) in [6.45, 7) is 14.7. The van der Waals surface area contributed by atoms with E-state index in [0.717, 1.165) is 18.4 Å². The van der Waals surface area contributed by atoms with Crippen LogP contribution in [-0.4, -0.2) is 12.2 Å². The van der Waals surface area contributed by atoms with Crippen molar-refractivity contribution in [1.29, 1.82) is 0 Å². The largest absolute Gasteiger partial charge is 0.374 e. The highest BCUT2D eigenvalue weighted by Crippen LogP contribution is 2.48. The Morgan fingerprint density at radius 1 is 1.00 bits per heavy atom. The fourth-order valence-corrected chi connectivity index (χ4v) is 2.94. The van der Waals surface area contributed by atoms with Crippen LogP contribution in [0.5, 0.6) is 0 Å². The van der Waals surface area contributed by atoms with Crippen LogP contribution in [0.1, 0.15) is 41.5 Å². The van der Waals surface area contributed by atoms with E-state index >= 15 is 0 Å². The third kappa shape index (κ3) is 1.52. The monoisotopic (exact) mass is 184 g/mol. The maximum atomic E-state index is 5.92. The second-order valence-corrected chi connectivity index (χ2v) is 5.32. The molecule has 1 heteroatoms. The van der Waals surface area contributed by atoms with Gasteiger partial charge in [0, 0.05) is 5.92 Å². The zero-order chi connectivity index (χ0) is 10.2. The molecule has 0 aliphatic carbocycles. The van der Waals surface area contributed by atoms with Gasteiger partial charge in [-0.2, -0.15) is 0 Å². The molecule has 13 heavy (non-hydrogen) atoms. The zero-order valence-electron chi connectivity index (χ0n) is 9.92. The first-order valence-electron chi connectivity index (χ1n) is 5.56. The molecule has 0 saturated carbocycles. The zero-order valence-corrected chi connectivity index (χ0v) is 9.92. The molecule has 0 spiro atoms. The van der Waals surface area contributed by atoms with Crippen LogP contribution in [0.2, 0.25) is 0 Å². The van der Waals surface area contributed by atoms with Gasteiger partial charge in [0.2, 0.25) is 0 Å². The number of hydrogen-bond donors (Lipinski definition) is 0. The summed E-state index contributed by atoms with van der Waals surface area (Å²) in [7, 11) is 0. The van der Waals surface area contributed by atoms with Crippen molar-refractivity contribution < 1.29 is 4.74 Å². The van der Waals surface area contributed by atoms with Crippen LogP contribution in [-0.2, 0) is 4.74 Å². The average Bonchev–Trinajstić information content (AvgIpc) is 1.80. The molecular formula is C12H24O. The molecule has 1 atom stereocenters. The highest BCUT2D eigenvalue weighted by Gasteiger charge is 2.53. The van der Waals surface area contributed by atoms with E-state index in [1.807, 2.05) is 0 Å². The SMILES string of the molecule is CC(C)C1COC1(C(C)C)C(C)C. The predicted octanol–water partition coefficient (Wildman–Crippen LogP) is 3.34. The van der Waals surface area contributed by atoms with Gasteiger partial charge in [0.05, 0.1) is 12.2 Å². The van der Waals surface area contributed by atoms with E-state index in [0.29, 0.717) is 11.8 Å². The smallest absolute Gasteiger partial charge is 0.0780 e. The predicted molar refractivity (Wildman–Crippen MR) is 56.7 cm³/mol. The van der Waals surface area contributed by atoms with Crippen LogP contribution in [0.25, 0.3) is 0 Å². The van der Waals surface area contributed by atoms with Crippen LogP contribution in [0.15, 0.2) is 0 Å². The molecule has 78 valence electrons. The summed E-state index contributed by atoms with van der Waals surface area (Å²) in [4.78, 5) is 0. The molecule has 0 N–H and O–H groups in total. The minimum atomic E-state index is 0.161. The molecule has 1 aliphatic heterocycles. The van der Waals surface area contributed by atoms with Crippen LogP contribution in [0.3, 0.4) is 0 Å². The minimum absolute atomic E-state index is 0.161. The van der Waals surface area contributed by atoms with Gasteiger partial charge in [-0.15, -0.1) is 0 Å². The van der Waals surface area contributed by atoms with E-state index in [-0.39, 0.29) is 5.60 Å². The summed E-state index contributed by atoms with van der Waals surface area (Å²) < 4.78 is 5.92. The second kappa shape index (κ2) is 3.61. The molecule has 0 aromatic rings. The summed E-state index contributed by atoms with van der Waals surface area (Å²) in [5.41, 5.74) is 0.161. The van der Waals surface area contributed by atoms with Crippen LogP contribution >= 0.6 is 0 Å². The molecule has 1 unspecified atom stereocenters. The molecular weight excluding hydrogens is 160 g/mol. The van der Waals surface area contributed by atoms with Crippen molar-refractivity contribution in [2.75, 3.05) is 6.61 Å². The van der Waals surface area contributed by atoms with Crippen molar-refractivity contribution in [3.05, 3.63) is 0 Å². The van der Waals surface area contributed by atoms with Crippen molar-refractivity contribution >= 4 is 0 Å². The lowest BCUT2D eigenvalue weighted by Gasteiger charge is -2.57. The first-order valence-corrected chi connectivity index (χ1v) is 5.56. The Hall–Kier alpha value is -0.0400. The highest BCUT2D eigenvalue weighted by molar-refractivity contribution is 5.01. The number of hydrogen-bond acceptors (Lipinski definition) is 1. The van der Waals surface area contributed by atoms with E-state index in [2.05, 4.69) is 41.5 Å². The van der Waals surface area contributed by atoms with Crippen LogP contribution in [0, 0.1) is 23.7 Å². The molecule has 0 amide bonds. The van der Waals surface area contributed by atoms with Gasteiger partial charge in [-0.3, -0.25) is 0 Å². The topological polar surface area (TPSA) is 9.23 Å². The quantitative estimate of drug-likeness (QED) is 0.653. The third-order valence-corrected chi connectivity index (χ3v) is 3.70. The summed E-state index contributed by atoms with van der Waals surface area (Å²) >= 11 is 0. The minimum Gasteiger partial charge on any atom is -0.374 e. The second-order valence-electron chi connectivity index (χ2n) is 5.32. The van der Waals surface area contributed by atoms with Crippen LogP contribution < -0.4 is 0 Å². The summed E-state index contributed by atoms with van der Waals surface area (Å²) in [5.74, 6) is 2.77. The van der Waals surface area contributed by atoms with Crippen molar-refractivity contribution in [2.24, 2.45) is 23.7 Å². The lowest BCUT2D eigenvalue weighted by molar-refractivity contribution is -0.264. The summed E-state index contributed by atoms with van der Waals surface area (Å²) in [6, 6.07) is 0. The van der Waals surface area contributed by atoms with E-state index in [1.165, 1.54) is 0 Å². The molecule has 1 rings (SSSR count). The molecule has 1 aliphatic rings. The van der Waals surface area contributed by atoms with Crippen molar-refractivity contribution in [3.63, 3.8) is 0 Å². The molecule has 0 aromatic heterocycles. The molecule has 1 saturated heterocycles. The standard InChI is InChI=1S/C12H24O/c1-8(2)11-7-13-12(11,9(3)4)10(5)6/h8-11H,7H2,1-6H3. The van der Waals surface area contributed by atoms with Gasteiger partial charge < -0.3 is 4.74 Å². The van der Waals surface area contributed by atoms with E-state index in [1.54, 1.807) is 0 Å². The van der Waals surface area contributed by atoms with E-state index in [4.69, 9.17) is 4.74 Å². The van der Waals surface area contributed by atoms with Crippen molar-refractivity contribution in [3.8, 4) is 0 Å². The number of rotatable bonds is 3. The molecule has 0 bridgehead atoms. The molecule has 1 fully saturated rings. The van der Waals surface area contributed by atoms with Gasteiger partial charge in [0.25, 0.3) is 0 Å². The molecule has 1 heterocycles. The van der Waals surface area contributed by atoms with E-state index in [9.17, 15) is 0 Å². The maximum absolute atomic E-state index is 5.92. The fourth-order valence-electron chi connectivity index (χ4n) is 2.94. The lowest BCUT2D eigenvalue weighted by Crippen LogP contribution is -2.62. The Morgan fingerprint density at radius 3 is 1.54 bits per heavy atom. The Morgan fingerprint density at radius 2 is 1.46 bits per heavy atom. The van der Waals surface area contributed by atoms with Gasteiger partial charge in [-0.25, -0.2) is 0 Å². The molecule has 0 aromatic carbocycles. The van der Waals surface area contributed by atoms with Gasteiger partial charge in [-0.05, 0) is 17.8 Å². The van der Waals surface area contributed by atoms with Gasteiger partial charge in [0.15, 0.2) is 0 Å². The Balaban J connectivity index is 2.81. The first kappa shape index (κ1) is 11.0. The Kier molecular flexibility index (Phi) is 3.06. The Labute approximate surface area is 82.9 Å². The normalized spacial score (nSPS) is 27.0. The van der Waals surface area contributed by atoms with Crippen LogP contribution in [0.4, 0.5) is 0 Å². The molecule has 1 nitrogen and oxygen atoms in total. The summed E-state index contributed by atoms with van der Waals surface area (Å²) in [6.07, 6.45) is 0. The van der Waals surface area contributed by atoms with Gasteiger partial charge in [-0.1, -0.05) is 41.5 Å². The average molecular weight is 184 g/mol. The van der Waals surface area contributed by atoms with Crippen molar-refractivity contribution in [1.82, 2.24) is 0 Å². The van der Waals surface area contributed by atoms with E-state index < -0.39 is 0 Å². The lowest BCUT2D eigenvalue weighted by atomic mass is 9.64. The number of ether oxygens (including phenoxy) is 1. The first-order chi connectivity index (χ1) is 5.93. The fraction of sp³-hybridized carbons (Fsp3) is 1.00. The van der Waals surface area contributed by atoms with Gasteiger partial charge in [0.1, 0.15) is 0 Å². The maximum Gasteiger partial charge on any atom is 0.0780 e. The highest BCUT2D eigenvalue weighted by atomic mass is 16.5. The molecule has 0 radical (unpaired) electrons. The summed E-state index contributed by atoms with van der Waals surface area (Å²) in [5, 5.41) is 0.